The second-order valence-corrected chi connectivity index (χ2v) is 3.83. The van der Waals surface area contributed by atoms with E-state index in [1.165, 1.54) is 0 Å². The van der Waals surface area contributed by atoms with E-state index in [4.69, 9.17) is 5.73 Å². The summed E-state index contributed by atoms with van der Waals surface area (Å²) in [5.74, 6) is 0.864. The van der Waals surface area contributed by atoms with Crippen LogP contribution in [0.15, 0.2) is 0 Å². The molecule has 1 saturated heterocycles. The summed E-state index contributed by atoms with van der Waals surface area (Å²) in [6.07, 6.45) is 3.92. The molecule has 1 aliphatic heterocycles. The molecule has 1 fully saturated rings. The minimum atomic E-state index is 0.317. The summed E-state index contributed by atoms with van der Waals surface area (Å²) >= 11 is 0. The number of nitrogens with zero attached hydrogens (tertiary/aromatic N) is 1. The lowest BCUT2D eigenvalue weighted by Gasteiger charge is -2.15. The minimum Gasteiger partial charge on any atom is -0.342 e. The smallest absolute Gasteiger partial charge is 0.222 e. The fourth-order valence-corrected chi connectivity index (χ4v) is 1.74. The zero-order chi connectivity index (χ0) is 9.68. The van der Waals surface area contributed by atoms with Crippen molar-refractivity contribution in [3.8, 4) is 0 Å². The minimum absolute atomic E-state index is 0.317. The summed E-state index contributed by atoms with van der Waals surface area (Å²) < 4.78 is 0. The van der Waals surface area contributed by atoms with Crippen LogP contribution >= 0.6 is 0 Å². The number of unbranched alkanes of at least 4 members (excludes halogenated alkanes) is 1. The van der Waals surface area contributed by atoms with Crippen molar-refractivity contribution in [1.82, 2.24) is 4.90 Å². The van der Waals surface area contributed by atoms with E-state index in [1.54, 1.807) is 0 Å². The Morgan fingerprint density at radius 2 is 2.38 bits per heavy atom. The maximum atomic E-state index is 11.6. The molecule has 1 aliphatic rings. The van der Waals surface area contributed by atoms with Gasteiger partial charge in [0, 0.05) is 19.5 Å². The Kier molecular flexibility index (Phi) is 4.22. The molecule has 1 amide bonds. The molecule has 2 N–H and O–H groups in total. The van der Waals surface area contributed by atoms with E-state index in [-0.39, 0.29) is 0 Å². The van der Waals surface area contributed by atoms with Crippen molar-refractivity contribution >= 4 is 5.91 Å². The van der Waals surface area contributed by atoms with Crippen LogP contribution in [0.25, 0.3) is 0 Å². The van der Waals surface area contributed by atoms with E-state index in [0.29, 0.717) is 18.2 Å². The van der Waals surface area contributed by atoms with Gasteiger partial charge in [-0.15, -0.1) is 0 Å². The summed E-state index contributed by atoms with van der Waals surface area (Å²) in [6, 6.07) is 0. The Morgan fingerprint density at radius 1 is 1.62 bits per heavy atom. The van der Waals surface area contributed by atoms with Crippen molar-refractivity contribution in [1.29, 1.82) is 0 Å². The third-order valence-electron chi connectivity index (χ3n) is 2.72. The lowest BCUT2D eigenvalue weighted by molar-refractivity contribution is -0.130. The first-order valence-electron chi connectivity index (χ1n) is 5.25. The molecule has 1 rings (SSSR count). The van der Waals surface area contributed by atoms with E-state index in [0.717, 1.165) is 38.9 Å². The Labute approximate surface area is 80.3 Å². The summed E-state index contributed by atoms with van der Waals surface area (Å²) in [5.41, 5.74) is 5.56. The molecule has 3 heteroatoms. The Balaban J connectivity index is 2.25. The van der Waals surface area contributed by atoms with Crippen LogP contribution < -0.4 is 5.73 Å². The highest BCUT2D eigenvalue weighted by atomic mass is 16.2. The van der Waals surface area contributed by atoms with Crippen LogP contribution in [0.5, 0.6) is 0 Å². The second kappa shape index (κ2) is 5.22. The predicted molar refractivity (Wildman–Crippen MR) is 53.3 cm³/mol. The van der Waals surface area contributed by atoms with Crippen LogP contribution in [0.4, 0.5) is 0 Å². The number of hydrogen-bond donors (Lipinski definition) is 1. The van der Waals surface area contributed by atoms with Crippen molar-refractivity contribution in [2.45, 2.75) is 32.6 Å². The standard InChI is InChI=1S/C10H20N2O/c1-2-3-4-10(13)12-6-5-9(7-11)8-12/h9H,2-8,11H2,1H3. The highest BCUT2D eigenvalue weighted by Crippen LogP contribution is 2.16. The average molecular weight is 184 g/mol. The van der Waals surface area contributed by atoms with Gasteiger partial charge in [-0.3, -0.25) is 4.79 Å². The van der Waals surface area contributed by atoms with Gasteiger partial charge < -0.3 is 10.6 Å². The fourth-order valence-electron chi connectivity index (χ4n) is 1.74. The monoisotopic (exact) mass is 184 g/mol. The van der Waals surface area contributed by atoms with Crippen molar-refractivity contribution in [3.63, 3.8) is 0 Å². The van der Waals surface area contributed by atoms with Gasteiger partial charge in [-0.1, -0.05) is 13.3 Å². The van der Waals surface area contributed by atoms with Crippen LogP contribution in [-0.4, -0.2) is 30.4 Å². The van der Waals surface area contributed by atoms with Crippen molar-refractivity contribution < 1.29 is 4.79 Å². The molecule has 0 aliphatic carbocycles. The molecular formula is C10H20N2O. The van der Waals surface area contributed by atoms with Crippen molar-refractivity contribution in [2.24, 2.45) is 11.7 Å². The van der Waals surface area contributed by atoms with Crippen LogP contribution in [0.2, 0.25) is 0 Å². The molecule has 0 bridgehead atoms. The lowest BCUT2D eigenvalue weighted by atomic mass is 10.1. The van der Waals surface area contributed by atoms with Crippen LogP contribution in [0, 0.1) is 5.92 Å². The van der Waals surface area contributed by atoms with Crippen LogP contribution in [-0.2, 0) is 4.79 Å². The average Bonchev–Trinajstić information content (AvgIpc) is 2.62. The van der Waals surface area contributed by atoms with Gasteiger partial charge in [-0.25, -0.2) is 0 Å². The molecule has 76 valence electrons. The molecule has 3 nitrogen and oxygen atoms in total. The van der Waals surface area contributed by atoms with Crippen molar-refractivity contribution in [3.05, 3.63) is 0 Å². The molecule has 0 saturated carbocycles. The maximum Gasteiger partial charge on any atom is 0.222 e. The van der Waals surface area contributed by atoms with E-state index >= 15 is 0 Å². The molecule has 13 heavy (non-hydrogen) atoms. The maximum absolute atomic E-state index is 11.6. The largest absolute Gasteiger partial charge is 0.342 e. The van der Waals surface area contributed by atoms with Gasteiger partial charge in [0.05, 0.1) is 0 Å². The number of nitrogens with two attached hydrogens (primary N) is 1. The first-order valence-corrected chi connectivity index (χ1v) is 5.25. The molecule has 0 radical (unpaired) electrons. The predicted octanol–water partition coefficient (Wildman–Crippen LogP) is 0.984. The normalized spacial score (nSPS) is 22.3. The van der Waals surface area contributed by atoms with E-state index in [2.05, 4.69) is 6.92 Å². The Morgan fingerprint density at radius 3 is 2.92 bits per heavy atom. The number of carbonyl (C=O) groups excluding carboxylic acids is 1. The number of amides is 1. The van der Waals surface area contributed by atoms with Gasteiger partial charge in [-0.05, 0) is 25.3 Å². The topological polar surface area (TPSA) is 46.3 Å². The third-order valence-corrected chi connectivity index (χ3v) is 2.72. The molecular weight excluding hydrogens is 164 g/mol. The Hall–Kier alpha value is -0.570. The first-order chi connectivity index (χ1) is 6.27. The number of likely N-dealkylation sites (tertiary alicyclic amines) is 1. The van der Waals surface area contributed by atoms with Gasteiger partial charge in [0.1, 0.15) is 0 Å². The van der Waals surface area contributed by atoms with Gasteiger partial charge in [0.2, 0.25) is 5.91 Å². The van der Waals surface area contributed by atoms with E-state index in [9.17, 15) is 4.79 Å². The molecule has 0 aromatic heterocycles. The van der Waals surface area contributed by atoms with Gasteiger partial charge >= 0.3 is 0 Å². The molecule has 1 heterocycles. The van der Waals surface area contributed by atoms with Crippen molar-refractivity contribution in [2.75, 3.05) is 19.6 Å². The second-order valence-electron chi connectivity index (χ2n) is 3.83. The summed E-state index contributed by atoms with van der Waals surface area (Å²) in [6.45, 7) is 4.64. The molecule has 0 aromatic carbocycles. The number of carbonyl (C=O) groups is 1. The molecule has 0 aromatic rings. The number of rotatable bonds is 4. The quantitative estimate of drug-likeness (QED) is 0.708. The molecule has 1 unspecified atom stereocenters. The van der Waals surface area contributed by atoms with Gasteiger partial charge in [0.15, 0.2) is 0 Å². The highest BCUT2D eigenvalue weighted by Gasteiger charge is 2.24. The molecule has 0 spiro atoms. The molecule has 1 atom stereocenters. The highest BCUT2D eigenvalue weighted by molar-refractivity contribution is 5.76. The van der Waals surface area contributed by atoms with Gasteiger partial charge in [-0.2, -0.15) is 0 Å². The zero-order valence-electron chi connectivity index (χ0n) is 8.46. The van der Waals surface area contributed by atoms with Gasteiger partial charge in [0.25, 0.3) is 0 Å². The first kappa shape index (κ1) is 10.5. The van der Waals surface area contributed by atoms with E-state index in [1.807, 2.05) is 4.90 Å². The van der Waals surface area contributed by atoms with E-state index < -0.39 is 0 Å². The summed E-state index contributed by atoms with van der Waals surface area (Å²) in [5, 5.41) is 0. The Bertz CT molecular complexity index is 170. The van der Waals surface area contributed by atoms with Crippen LogP contribution in [0.3, 0.4) is 0 Å². The third kappa shape index (κ3) is 2.99. The summed E-state index contributed by atoms with van der Waals surface area (Å²) in [4.78, 5) is 13.5. The van der Waals surface area contributed by atoms with Crippen LogP contribution in [0.1, 0.15) is 32.6 Å². The number of hydrogen-bond acceptors (Lipinski definition) is 2. The fraction of sp³-hybridized carbons (Fsp3) is 0.900. The summed E-state index contributed by atoms with van der Waals surface area (Å²) in [7, 11) is 0. The zero-order valence-corrected chi connectivity index (χ0v) is 8.46. The lowest BCUT2D eigenvalue weighted by Crippen LogP contribution is -2.29. The SMILES string of the molecule is CCCCC(=O)N1CCC(CN)C1.